The molecular formula is C28H35N9. The highest BCUT2D eigenvalue weighted by Crippen LogP contribution is 2.29. The van der Waals surface area contributed by atoms with E-state index >= 15 is 0 Å². The van der Waals surface area contributed by atoms with Gasteiger partial charge in [-0.2, -0.15) is 5.10 Å². The summed E-state index contributed by atoms with van der Waals surface area (Å²) in [5.74, 6) is 0.966. The zero-order chi connectivity index (χ0) is 24.9. The molecule has 1 aliphatic carbocycles. The van der Waals surface area contributed by atoms with Crippen molar-refractivity contribution < 1.29 is 0 Å². The summed E-state index contributed by atoms with van der Waals surface area (Å²) in [6, 6.07) is 20.0. The van der Waals surface area contributed by atoms with Gasteiger partial charge in [0.25, 0.3) is 0 Å². The first-order chi connectivity index (χ1) is 18.3. The smallest absolute Gasteiger partial charge is 0.168 e. The third-order valence-corrected chi connectivity index (χ3v) is 7.93. The van der Waals surface area contributed by atoms with E-state index in [4.69, 9.17) is 0 Å². The van der Waals surface area contributed by atoms with Crippen LogP contribution in [-0.4, -0.2) is 77.0 Å². The Hall–Kier alpha value is -3.43. The van der Waals surface area contributed by atoms with Crippen LogP contribution < -0.4 is 0 Å². The molecule has 1 atom stereocenters. The Kier molecular flexibility index (Phi) is 7.32. The van der Waals surface area contributed by atoms with E-state index in [9.17, 15) is 0 Å². The van der Waals surface area contributed by atoms with Crippen molar-refractivity contribution in [3.05, 3.63) is 84.2 Å². The first-order valence-corrected chi connectivity index (χ1v) is 13.6. The summed E-state index contributed by atoms with van der Waals surface area (Å²) >= 11 is 0. The van der Waals surface area contributed by atoms with E-state index in [1.807, 2.05) is 15.4 Å². The summed E-state index contributed by atoms with van der Waals surface area (Å²) in [6.07, 6.45) is 10.5. The van der Waals surface area contributed by atoms with Gasteiger partial charge in [0.15, 0.2) is 5.82 Å². The lowest BCUT2D eigenvalue weighted by molar-refractivity contribution is 0.123. The topological polar surface area (TPSA) is 80.8 Å². The predicted octanol–water partition coefficient (Wildman–Crippen LogP) is 3.54. The number of tetrazole rings is 1. The lowest BCUT2D eigenvalue weighted by Gasteiger charge is -2.37. The molecule has 0 amide bonds. The Morgan fingerprint density at radius 3 is 2.59 bits per heavy atom. The highest BCUT2D eigenvalue weighted by Gasteiger charge is 2.31. The van der Waals surface area contributed by atoms with Gasteiger partial charge in [0.05, 0.1) is 18.3 Å². The van der Waals surface area contributed by atoms with Crippen molar-refractivity contribution in [3.63, 3.8) is 0 Å². The van der Waals surface area contributed by atoms with Crippen LogP contribution in [0.5, 0.6) is 0 Å². The van der Waals surface area contributed by atoms with Crippen LogP contribution in [0.25, 0.3) is 5.69 Å². The fourth-order valence-electron chi connectivity index (χ4n) is 5.68. The fourth-order valence-corrected chi connectivity index (χ4v) is 5.68. The second-order valence-electron chi connectivity index (χ2n) is 10.3. The van der Waals surface area contributed by atoms with Crippen molar-refractivity contribution in [2.75, 3.05) is 26.2 Å². The summed E-state index contributed by atoms with van der Waals surface area (Å²) in [4.78, 5) is 9.44. The third kappa shape index (κ3) is 5.62. The maximum atomic E-state index is 4.59. The molecule has 1 saturated heterocycles. The van der Waals surface area contributed by atoms with E-state index in [1.54, 1.807) is 12.7 Å². The molecule has 2 aromatic heterocycles. The van der Waals surface area contributed by atoms with Gasteiger partial charge in [-0.25, -0.2) is 14.3 Å². The van der Waals surface area contributed by atoms with Crippen LogP contribution in [0.15, 0.2) is 67.3 Å². The zero-order valence-corrected chi connectivity index (χ0v) is 21.3. The van der Waals surface area contributed by atoms with E-state index in [1.165, 1.54) is 43.4 Å². The maximum absolute atomic E-state index is 4.59. The normalized spacial score (nSPS) is 18.4. The molecule has 9 nitrogen and oxygen atoms in total. The van der Waals surface area contributed by atoms with E-state index in [2.05, 4.69) is 83.9 Å². The highest BCUT2D eigenvalue weighted by atomic mass is 15.5. The second kappa shape index (κ2) is 11.3. The van der Waals surface area contributed by atoms with Crippen molar-refractivity contribution in [2.45, 2.75) is 57.2 Å². The summed E-state index contributed by atoms with van der Waals surface area (Å²) in [6.45, 7) is 5.14. The summed E-state index contributed by atoms with van der Waals surface area (Å²) in [7, 11) is 0. The van der Waals surface area contributed by atoms with Crippen molar-refractivity contribution >= 4 is 0 Å². The molecule has 1 unspecified atom stereocenters. The number of hydrogen-bond acceptors (Lipinski definition) is 7. The largest absolute Gasteiger partial charge is 0.299 e. The fraction of sp³-hybridized carbons (Fsp3) is 0.464. The Labute approximate surface area is 218 Å². The second-order valence-corrected chi connectivity index (χ2v) is 10.3. The van der Waals surface area contributed by atoms with Gasteiger partial charge in [0, 0.05) is 25.7 Å². The SMILES string of the molecule is c1ccc(Cn2nnnc2C(CCc2cccc(-n3cncn3)c2)N2CCCN(C3CCC3)CC2)cc1. The molecule has 6 rings (SSSR count). The Morgan fingerprint density at radius 2 is 1.78 bits per heavy atom. The van der Waals surface area contributed by atoms with Crippen molar-refractivity contribution in [3.8, 4) is 5.69 Å². The number of benzene rings is 2. The van der Waals surface area contributed by atoms with Gasteiger partial charge in [-0.3, -0.25) is 9.80 Å². The lowest BCUT2D eigenvalue weighted by atomic mass is 9.91. The van der Waals surface area contributed by atoms with Gasteiger partial charge >= 0.3 is 0 Å². The number of aryl methyl sites for hydroxylation is 1. The van der Waals surface area contributed by atoms with Crippen LogP contribution >= 0.6 is 0 Å². The number of nitrogens with zero attached hydrogens (tertiary/aromatic N) is 9. The number of aromatic nitrogens is 7. The lowest BCUT2D eigenvalue weighted by Crippen LogP contribution is -2.42. The minimum absolute atomic E-state index is 0.162. The molecule has 0 radical (unpaired) electrons. The van der Waals surface area contributed by atoms with Gasteiger partial charge in [0.1, 0.15) is 12.7 Å². The van der Waals surface area contributed by atoms with Crippen LogP contribution in [0, 0.1) is 0 Å². The molecule has 2 aliphatic rings. The van der Waals surface area contributed by atoms with Crippen LogP contribution in [0.4, 0.5) is 0 Å². The van der Waals surface area contributed by atoms with Crippen molar-refractivity contribution in [2.24, 2.45) is 0 Å². The Bertz CT molecular complexity index is 1250. The molecule has 0 bridgehead atoms. The van der Waals surface area contributed by atoms with Gasteiger partial charge in [-0.05, 0) is 72.3 Å². The van der Waals surface area contributed by atoms with Crippen LogP contribution in [0.3, 0.4) is 0 Å². The van der Waals surface area contributed by atoms with Gasteiger partial charge in [0.2, 0.25) is 0 Å². The van der Waals surface area contributed by atoms with Crippen molar-refractivity contribution in [1.29, 1.82) is 0 Å². The molecule has 1 aliphatic heterocycles. The number of rotatable bonds is 9. The first kappa shape index (κ1) is 23.9. The molecule has 0 N–H and O–H groups in total. The van der Waals surface area contributed by atoms with Crippen LogP contribution in [0.2, 0.25) is 0 Å². The molecule has 3 heterocycles. The quantitative estimate of drug-likeness (QED) is 0.350. The predicted molar refractivity (Wildman–Crippen MR) is 141 cm³/mol. The maximum Gasteiger partial charge on any atom is 0.168 e. The molecular weight excluding hydrogens is 462 g/mol. The van der Waals surface area contributed by atoms with Gasteiger partial charge in [-0.15, -0.1) is 5.10 Å². The Balaban J connectivity index is 1.23. The average molecular weight is 498 g/mol. The van der Waals surface area contributed by atoms with Crippen LogP contribution in [0.1, 0.15) is 55.1 Å². The standard InChI is InChI=1S/C28H35N9/c1-2-7-24(8-3-1)20-36-28(31-32-33-36)27(35-16-6-15-34(17-18-35)25-10-5-11-25)14-13-23-9-4-12-26(19-23)37-22-29-21-30-37/h1-4,7-9,12,19,21-22,25,27H,5-6,10-11,13-18,20H2. The molecule has 2 fully saturated rings. The molecule has 9 heteroatoms. The van der Waals surface area contributed by atoms with E-state index in [0.717, 1.165) is 50.0 Å². The average Bonchev–Trinajstić information content (AvgIpc) is 3.54. The third-order valence-electron chi connectivity index (χ3n) is 7.93. The van der Waals surface area contributed by atoms with Gasteiger partial charge < -0.3 is 0 Å². The minimum atomic E-state index is 0.162. The van der Waals surface area contributed by atoms with E-state index in [-0.39, 0.29) is 6.04 Å². The van der Waals surface area contributed by atoms with Crippen LogP contribution in [-0.2, 0) is 13.0 Å². The molecule has 37 heavy (non-hydrogen) atoms. The highest BCUT2D eigenvalue weighted by molar-refractivity contribution is 5.34. The first-order valence-electron chi connectivity index (χ1n) is 13.6. The molecule has 1 saturated carbocycles. The van der Waals surface area contributed by atoms with E-state index < -0.39 is 0 Å². The zero-order valence-electron chi connectivity index (χ0n) is 21.3. The summed E-state index contributed by atoms with van der Waals surface area (Å²) < 4.78 is 3.81. The number of hydrogen-bond donors (Lipinski definition) is 0. The summed E-state index contributed by atoms with van der Waals surface area (Å²) in [5, 5.41) is 17.4. The van der Waals surface area contributed by atoms with E-state index in [0.29, 0.717) is 6.54 Å². The monoisotopic (exact) mass is 497 g/mol. The molecule has 4 aromatic rings. The van der Waals surface area contributed by atoms with Crippen molar-refractivity contribution in [1.82, 2.24) is 44.8 Å². The summed E-state index contributed by atoms with van der Waals surface area (Å²) in [5.41, 5.74) is 3.53. The van der Waals surface area contributed by atoms with Gasteiger partial charge in [-0.1, -0.05) is 48.9 Å². The Morgan fingerprint density at radius 1 is 0.892 bits per heavy atom. The minimum Gasteiger partial charge on any atom is -0.299 e. The molecule has 2 aromatic carbocycles. The molecule has 192 valence electrons. The molecule has 0 spiro atoms.